The third-order valence-electron chi connectivity index (χ3n) is 3.41. The molecule has 2 aromatic rings. The van der Waals surface area contributed by atoms with E-state index in [1.807, 2.05) is 37.4 Å². The van der Waals surface area contributed by atoms with Crippen molar-refractivity contribution < 1.29 is 13.2 Å². The van der Waals surface area contributed by atoms with E-state index in [-0.39, 0.29) is 4.90 Å². The Morgan fingerprint density at radius 3 is 2.17 bits per heavy atom. The van der Waals surface area contributed by atoms with E-state index in [1.165, 1.54) is 4.31 Å². The first-order valence-corrected chi connectivity index (χ1v) is 9.96. The summed E-state index contributed by atoms with van der Waals surface area (Å²) < 4.78 is 31.9. The maximum atomic E-state index is 12.6. The topological polar surface area (TPSA) is 46.6 Å². The lowest BCUT2D eigenvalue weighted by Gasteiger charge is -2.17. The molecule has 0 aliphatic heterocycles. The van der Waals surface area contributed by atoms with Crippen molar-refractivity contribution in [2.75, 3.05) is 19.9 Å². The van der Waals surface area contributed by atoms with E-state index >= 15 is 0 Å². The van der Waals surface area contributed by atoms with Gasteiger partial charge in [0.25, 0.3) is 0 Å². The van der Waals surface area contributed by atoms with Crippen LogP contribution in [-0.2, 0) is 16.6 Å². The predicted octanol–water partition coefficient (Wildman–Crippen LogP) is 3.63. The fraction of sp³-hybridized carbons (Fsp3) is 0.294. The molecule has 4 nitrogen and oxygen atoms in total. The predicted molar refractivity (Wildman–Crippen MR) is 94.5 cm³/mol. The number of ether oxygens (including phenoxy) is 1. The zero-order valence-corrected chi connectivity index (χ0v) is 15.2. The van der Waals surface area contributed by atoms with E-state index in [0.29, 0.717) is 18.9 Å². The van der Waals surface area contributed by atoms with Crippen LogP contribution in [0.3, 0.4) is 0 Å². The zero-order valence-electron chi connectivity index (χ0n) is 13.5. The van der Waals surface area contributed by atoms with Crippen molar-refractivity contribution in [2.45, 2.75) is 23.3 Å². The van der Waals surface area contributed by atoms with Gasteiger partial charge in [-0.15, -0.1) is 11.8 Å². The van der Waals surface area contributed by atoms with Gasteiger partial charge in [0.05, 0.1) is 11.5 Å². The summed E-state index contributed by atoms with van der Waals surface area (Å²) in [5, 5.41) is 0. The minimum atomic E-state index is -3.51. The monoisotopic (exact) mass is 351 g/mol. The molecular formula is C17H21NO3S2. The Morgan fingerprint density at radius 2 is 1.65 bits per heavy atom. The first kappa shape index (κ1) is 17.8. The van der Waals surface area contributed by atoms with E-state index < -0.39 is 10.0 Å². The van der Waals surface area contributed by atoms with Gasteiger partial charge in [0, 0.05) is 18.5 Å². The van der Waals surface area contributed by atoms with Crippen molar-refractivity contribution in [3.8, 4) is 5.75 Å². The molecule has 0 saturated carbocycles. The van der Waals surface area contributed by atoms with E-state index in [0.717, 1.165) is 10.5 Å². The molecule has 124 valence electrons. The van der Waals surface area contributed by atoms with Crippen LogP contribution in [-0.4, -0.2) is 32.6 Å². The number of thioether (sulfide) groups is 1. The zero-order chi connectivity index (χ0) is 16.9. The average Bonchev–Trinajstić information content (AvgIpc) is 2.56. The Bertz CT molecular complexity index is 725. The molecule has 0 saturated heterocycles. The molecule has 6 heteroatoms. The van der Waals surface area contributed by atoms with Gasteiger partial charge in [-0.1, -0.05) is 12.1 Å². The molecule has 2 rings (SSSR count). The molecule has 0 aromatic heterocycles. The highest BCUT2D eigenvalue weighted by molar-refractivity contribution is 7.98. The largest absolute Gasteiger partial charge is 0.494 e. The number of rotatable bonds is 7. The van der Waals surface area contributed by atoms with Gasteiger partial charge in [-0.05, 0) is 55.1 Å². The normalized spacial score (nSPS) is 11.7. The van der Waals surface area contributed by atoms with Crippen LogP contribution in [0, 0.1) is 0 Å². The molecule has 2 aromatic carbocycles. The Labute approximate surface area is 142 Å². The van der Waals surface area contributed by atoms with Gasteiger partial charge in [-0.3, -0.25) is 0 Å². The van der Waals surface area contributed by atoms with Crippen LogP contribution in [0.15, 0.2) is 58.3 Å². The van der Waals surface area contributed by atoms with Crippen LogP contribution in [0.2, 0.25) is 0 Å². The standard InChI is InChI=1S/C17H21NO3S2/c1-4-21-15-7-11-17(12-8-15)23(19,20)18(2)13-14-5-9-16(22-3)10-6-14/h5-12H,4,13H2,1-3H3. The molecule has 0 heterocycles. The fourth-order valence-corrected chi connectivity index (χ4v) is 3.69. The summed E-state index contributed by atoms with van der Waals surface area (Å²) in [4.78, 5) is 1.43. The molecule has 0 atom stereocenters. The van der Waals surface area contributed by atoms with Crippen LogP contribution in [0.1, 0.15) is 12.5 Å². The molecule has 0 bridgehead atoms. The summed E-state index contributed by atoms with van der Waals surface area (Å²) in [6.45, 7) is 2.78. The summed E-state index contributed by atoms with van der Waals surface area (Å²) in [5.41, 5.74) is 0.958. The summed E-state index contributed by atoms with van der Waals surface area (Å²) in [6, 6.07) is 14.4. The maximum Gasteiger partial charge on any atom is 0.243 e. The SMILES string of the molecule is CCOc1ccc(S(=O)(=O)N(C)Cc2ccc(SC)cc2)cc1. The number of hydrogen-bond donors (Lipinski definition) is 0. The molecule has 0 aliphatic rings. The molecule has 23 heavy (non-hydrogen) atoms. The molecule has 0 N–H and O–H groups in total. The van der Waals surface area contributed by atoms with Crippen molar-refractivity contribution in [1.29, 1.82) is 0 Å². The number of sulfonamides is 1. The van der Waals surface area contributed by atoms with Crippen molar-refractivity contribution in [3.63, 3.8) is 0 Å². The number of hydrogen-bond acceptors (Lipinski definition) is 4. The van der Waals surface area contributed by atoms with Crippen LogP contribution in [0.4, 0.5) is 0 Å². The molecule has 0 fully saturated rings. The lowest BCUT2D eigenvalue weighted by atomic mass is 10.2. The fourth-order valence-electron chi connectivity index (χ4n) is 2.13. The van der Waals surface area contributed by atoms with Crippen molar-refractivity contribution in [3.05, 3.63) is 54.1 Å². The Hall–Kier alpha value is -1.50. The van der Waals surface area contributed by atoms with Gasteiger partial charge >= 0.3 is 0 Å². The van der Waals surface area contributed by atoms with Crippen LogP contribution in [0.5, 0.6) is 5.75 Å². The lowest BCUT2D eigenvalue weighted by molar-refractivity contribution is 0.340. The smallest absolute Gasteiger partial charge is 0.243 e. The van der Waals surface area contributed by atoms with E-state index in [2.05, 4.69) is 0 Å². The molecule has 0 unspecified atom stereocenters. The third-order valence-corrected chi connectivity index (χ3v) is 5.97. The van der Waals surface area contributed by atoms with E-state index in [1.54, 1.807) is 43.1 Å². The van der Waals surface area contributed by atoms with Gasteiger partial charge in [0.1, 0.15) is 5.75 Å². The minimum Gasteiger partial charge on any atom is -0.494 e. The van der Waals surface area contributed by atoms with E-state index in [4.69, 9.17) is 4.74 Å². The van der Waals surface area contributed by atoms with E-state index in [9.17, 15) is 8.42 Å². The Morgan fingerprint density at radius 1 is 1.04 bits per heavy atom. The highest BCUT2D eigenvalue weighted by atomic mass is 32.2. The van der Waals surface area contributed by atoms with Gasteiger partial charge in [-0.25, -0.2) is 8.42 Å². The molecular weight excluding hydrogens is 330 g/mol. The molecule has 0 spiro atoms. The first-order valence-electron chi connectivity index (χ1n) is 7.29. The number of nitrogens with zero attached hydrogens (tertiary/aromatic N) is 1. The van der Waals surface area contributed by atoms with Gasteiger partial charge < -0.3 is 4.74 Å². The summed E-state index contributed by atoms with van der Waals surface area (Å²) in [5.74, 6) is 0.668. The van der Waals surface area contributed by atoms with Gasteiger partial charge in [0.15, 0.2) is 0 Å². The van der Waals surface area contributed by atoms with Crippen molar-refractivity contribution >= 4 is 21.8 Å². The highest BCUT2D eigenvalue weighted by Gasteiger charge is 2.20. The third kappa shape index (κ3) is 4.50. The molecule has 0 aliphatic carbocycles. The quantitative estimate of drug-likeness (QED) is 0.715. The van der Waals surface area contributed by atoms with Gasteiger partial charge in [0.2, 0.25) is 10.0 Å². The second-order valence-corrected chi connectivity index (χ2v) is 7.94. The number of benzene rings is 2. The van der Waals surface area contributed by atoms with Crippen LogP contribution >= 0.6 is 11.8 Å². The van der Waals surface area contributed by atoms with Gasteiger partial charge in [-0.2, -0.15) is 4.31 Å². The van der Waals surface area contributed by atoms with Crippen molar-refractivity contribution in [2.24, 2.45) is 0 Å². The maximum absolute atomic E-state index is 12.6. The summed E-state index contributed by atoms with van der Waals surface area (Å²) in [7, 11) is -1.92. The Kier molecular flexibility index (Phi) is 6.10. The molecule has 0 amide bonds. The second kappa shape index (κ2) is 7.86. The van der Waals surface area contributed by atoms with Crippen LogP contribution in [0.25, 0.3) is 0 Å². The molecule has 0 radical (unpaired) electrons. The lowest BCUT2D eigenvalue weighted by Crippen LogP contribution is -2.26. The Balaban J connectivity index is 2.13. The summed E-state index contributed by atoms with van der Waals surface area (Å²) in [6.07, 6.45) is 2.01. The van der Waals surface area contributed by atoms with Crippen molar-refractivity contribution in [1.82, 2.24) is 4.31 Å². The summed E-state index contributed by atoms with van der Waals surface area (Å²) >= 11 is 1.66. The second-order valence-electron chi connectivity index (χ2n) is 5.01. The first-order chi connectivity index (χ1) is 11.0. The van der Waals surface area contributed by atoms with Crippen LogP contribution < -0.4 is 4.74 Å². The highest BCUT2D eigenvalue weighted by Crippen LogP contribution is 2.21. The average molecular weight is 351 g/mol. The minimum absolute atomic E-state index is 0.268.